The summed E-state index contributed by atoms with van der Waals surface area (Å²) in [5.74, 6) is 1.11. The smallest absolute Gasteiger partial charge is 0.375 e. The molecule has 9 heteroatoms. The number of likely N-dealkylation sites (tertiary alicyclic amines) is 1. The van der Waals surface area contributed by atoms with Crippen molar-refractivity contribution in [3.05, 3.63) is 33.1 Å². The molecule has 1 fully saturated rings. The molecule has 0 aliphatic carbocycles. The minimum absolute atomic E-state index is 0.377. The SMILES string of the molecule is CCCSC1CCCN1Cc1sc(N)nc1-c1cc(Br)cc(C(F)(F)F)c1. The zero-order chi connectivity index (χ0) is 19.6. The van der Waals surface area contributed by atoms with Crippen LogP contribution in [0.25, 0.3) is 11.3 Å². The third-order valence-corrected chi connectivity index (χ3v) is 7.27. The molecule has 2 N–H and O–H groups in total. The van der Waals surface area contributed by atoms with Crippen molar-refractivity contribution in [2.45, 2.75) is 44.3 Å². The number of anilines is 1. The molecular formula is C18H21BrF3N3S2. The average Bonchev–Trinajstić information content (AvgIpc) is 3.18. The summed E-state index contributed by atoms with van der Waals surface area (Å²) in [7, 11) is 0. The first kappa shape index (κ1) is 21.0. The number of nitrogens with zero attached hydrogens (tertiary/aromatic N) is 2. The number of benzene rings is 1. The number of nitrogens with two attached hydrogens (primary N) is 1. The van der Waals surface area contributed by atoms with Crippen LogP contribution in [0.2, 0.25) is 0 Å². The van der Waals surface area contributed by atoms with E-state index in [1.807, 2.05) is 11.8 Å². The molecule has 2 heterocycles. The Kier molecular flexibility index (Phi) is 6.76. The van der Waals surface area contributed by atoms with E-state index in [0.717, 1.165) is 48.6 Å². The molecule has 1 unspecified atom stereocenters. The number of hydrogen-bond donors (Lipinski definition) is 1. The van der Waals surface area contributed by atoms with Crippen LogP contribution in [0.1, 0.15) is 36.6 Å². The number of thiazole rings is 1. The van der Waals surface area contributed by atoms with E-state index >= 15 is 0 Å². The predicted molar refractivity (Wildman–Crippen MR) is 111 cm³/mol. The standard InChI is InChI=1S/C18H21BrF3N3S2/c1-2-6-26-15-4-3-5-25(15)10-14-16(24-17(23)27-14)11-7-12(18(20,21)22)9-13(19)8-11/h7-9,15H,2-6,10H2,1H3,(H2,23,24). The highest BCUT2D eigenvalue weighted by Crippen LogP contribution is 2.39. The van der Waals surface area contributed by atoms with Gasteiger partial charge in [0.25, 0.3) is 0 Å². The van der Waals surface area contributed by atoms with Crippen molar-refractivity contribution in [1.29, 1.82) is 0 Å². The van der Waals surface area contributed by atoms with E-state index in [-0.39, 0.29) is 0 Å². The number of hydrogen-bond acceptors (Lipinski definition) is 5. The average molecular weight is 480 g/mol. The second-order valence-corrected chi connectivity index (χ2v) is 9.80. The third kappa shape index (κ3) is 5.19. The Morgan fingerprint density at radius 3 is 2.85 bits per heavy atom. The summed E-state index contributed by atoms with van der Waals surface area (Å²) < 4.78 is 40.0. The summed E-state index contributed by atoms with van der Waals surface area (Å²) >= 11 is 6.50. The van der Waals surface area contributed by atoms with Crippen LogP contribution in [0, 0.1) is 0 Å². The fourth-order valence-corrected chi connectivity index (χ4v) is 5.80. The number of aromatic nitrogens is 1. The van der Waals surface area contributed by atoms with Crippen LogP contribution in [-0.2, 0) is 12.7 Å². The second-order valence-electron chi connectivity index (χ2n) is 6.49. The van der Waals surface area contributed by atoms with Crippen molar-refractivity contribution >= 4 is 44.2 Å². The maximum absolute atomic E-state index is 13.2. The first-order valence-corrected chi connectivity index (χ1v) is 11.4. The first-order chi connectivity index (χ1) is 12.8. The van der Waals surface area contributed by atoms with Crippen molar-refractivity contribution < 1.29 is 13.2 Å². The lowest BCUT2D eigenvalue weighted by atomic mass is 10.1. The Balaban J connectivity index is 1.90. The second kappa shape index (κ2) is 8.71. The van der Waals surface area contributed by atoms with Crippen LogP contribution in [0.5, 0.6) is 0 Å². The van der Waals surface area contributed by atoms with E-state index in [1.165, 1.54) is 11.3 Å². The summed E-state index contributed by atoms with van der Waals surface area (Å²) in [6.07, 6.45) is -0.993. The van der Waals surface area contributed by atoms with Gasteiger partial charge in [-0.1, -0.05) is 22.9 Å². The molecule has 0 bridgehead atoms. The van der Waals surface area contributed by atoms with Crippen molar-refractivity contribution in [3.8, 4) is 11.3 Å². The fourth-order valence-electron chi connectivity index (χ4n) is 3.20. The number of alkyl halides is 3. The van der Waals surface area contributed by atoms with Gasteiger partial charge < -0.3 is 5.73 Å². The minimum atomic E-state index is -4.41. The molecule has 148 valence electrons. The summed E-state index contributed by atoms with van der Waals surface area (Å²) in [4.78, 5) is 7.66. The Morgan fingerprint density at radius 1 is 1.37 bits per heavy atom. The summed E-state index contributed by atoms with van der Waals surface area (Å²) in [6, 6.07) is 3.90. The highest BCUT2D eigenvalue weighted by molar-refractivity contribution is 9.10. The number of halogens is 4. The molecule has 2 aromatic rings. The molecule has 0 amide bonds. The van der Waals surface area contributed by atoms with Gasteiger partial charge in [0.05, 0.1) is 16.6 Å². The van der Waals surface area contributed by atoms with Gasteiger partial charge in [0.1, 0.15) is 0 Å². The van der Waals surface area contributed by atoms with Gasteiger partial charge in [-0.3, -0.25) is 4.90 Å². The molecule has 1 saturated heterocycles. The van der Waals surface area contributed by atoms with Gasteiger partial charge in [-0.25, -0.2) is 4.98 Å². The van der Waals surface area contributed by atoms with Gasteiger partial charge in [0.2, 0.25) is 0 Å². The van der Waals surface area contributed by atoms with Gasteiger partial charge in [0.15, 0.2) is 5.13 Å². The zero-order valence-corrected chi connectivity index (χ0v) is 18.1. The van der Waals surface area contributed by atoms with E-state index in [1.54, 1.807) is 6.07 Å². The normalized spacial score (nSPS) is 18.3. The number of rotatable bonds is 6. The Morgan fingerprint density at radius 2 is 2.15 bits per heavy atom. The number of nitrogen functional groups attached to an aromatic ring is 1. The van der Waals surface area contributed by atoms with Crippen molar-refractivity contribution in [1.82, 2.24) is 9.88 Å². The van der Waals surface area contributed by atoms with Gasteiger partial charge in [0, 0.05) is 21.5 Å². The van der Waals surface area contributed by atoms with E-state index in [2.05, 4.69) is 32.7 Å². The van der Waals surface area contributed by atoms with Crippen LogP contribution >= 0.6 is 39.0 Å². The molecule has 1 aliphatic heterocycles. The Hall–Kier alpha value is -0.770. The van der Waals surface area contributed by atoms with Gasteiger partial charge >= 0.3 is 6.18 Å². The number of thioether (sulfide) groups is 1. The maximum atomic E-state index is 13.2. The van der Waals surface area contributed by atoms with Crippen LogP contribution < -0.4 is 5.73 Å². The minimum Gasteiger partial charge on any atom is -0.375 e. The summed E-state index contributed by atoms with van der Waals surface area (Å²) in [5.41, 5.74) is 6.22. The molecule has 1 aromatic carbocycles. The Labute approximate surface area is 173 Å². The van der Waals surface area contributed by atoms with E-state index in [4.69, 9.17) is 5.73 Å². The molecule has 1 atom stereocenters. The van der Waals surface area contributed by atoms with Crippen LogP contribution in [-0.4, -0.2) is 27.6 Å². The van der Waals surface area contributed by atoms with Gasteiger partial charge in [-0.2, -0.15) is 13.2 Å². The lowest BCUT2D eigenvalue weighted by molar-refractivity contribution is -0.137. The molecule has 3 rings (SSSR count). The zero-order valence-electron chi connectivity index (χ0n) is 14.9. The van der Waals surface area contributed by atoms with Crippen LogP contribution in [0.15, 0.2) is 22.7 Å². The highest BCUT2D eigenvalue weighted by Gasteiger charge is 2.32. The molecule has 27 heavy (non-hydrogen) atoms. The van der Waals surface area contributed by atoms with Crippen molar-refractivity contribution in [3.63, 3.8) is 0 Å². The largest absolute Gasteiger partial charge is 0.416 e. The first-order valence-electron chi connectivity index (χ1n) is 8.77. The monoisotopic (exact) mass is 479 g/mol. The molecule has 0 radical (unpaired) electrons. The quantitative estimate of drug-likeness (QED) is 0.532. The third-order valence-electron chi connectivity index (χ3n) is 4.38. The Bertz CT molecular complexity index is 795. The lowest BCUT2D eigenvalue weighted by Crippen LogP contribution is -2.26. The highest BCUT2D eigenvalue weighted by atomic mass is 79.9. The van der Waals surface area contributed by atoms with Crippen molar-refractivity contribution in [2.75, 3.05) is 18.0 Å². The predicted octanol–water partition coefficient (Wildman–Crippen LogP) is 6.24. The van der Waals surface area contributed by atoms with E-state index in [0.29, 0.717) is 32.8 Å². The van der Waals surface area contributed by atoms with Gasteiger partial charge in [-0.15, -0.1) is 23.1 Å². The molecule has 1 aliphatic rings. The van der Waals surface area contributed by atoms with E-state index < -0.39 is 11.7 Å². The molecule has 1 aromatic heterocycles. The molecular weight excluding hydrogens is 459 g/mol. The molecule has 3 nitrogen and oxygen atoms in total. The lowest BCUT2D eigenvalue weighted by Gasteiger charge is -2.23. The van der Waals surface area contributed by atoms with Crippen LogP contribution in [0.3, 0.4) is 0 Å². The molecule has 0 spiro atoms. The molecule has 0 saturated carbocycles. The van der Waals surface area contributed by atoms with Crippen LogP contribution in [0.4, 0.5) is 18.3 Å². The topological polar surface area (TPSA) is 42.1 Å². The maximum Gasteiger partial charge on any atom is 0.416 e. The summed E-state index contributed by atoms with van der Waals surface area (Å²) in [6.45, 7) is 3.82. The summed E-state index contributed by atoms with van der Waals surface area (Å²) in [5, 5.41) is 0.833. The van der Waals surface area contributed by atoms with E-state index in [9.17, 15) is 13.2 Å². The fraction of sp³-hybridized carbons (Fsp3) is 0.500. The van der Waals surface area contributed by atoms with Gasteiger partial charge in [-0.05, 0) is 49.8 Å². The van der Waals surface area contributed by atoms with Crippen molar-refractivity contribution in [2.24, 2.45) is 0 Å².